The highest BCUT2D eigenvalue weighted by molar-refractivity contribution is 6.38. The van der Waals surface area contributed by atoms with Crippen LogP contribution < -0.4 is 14.8 Å². The van der Waals surface area contributed by atoms with Gasteiger partial charge in [0.25, 0.3) is 0 Å². The van der Waals surface area contributed by atoms with Gasteiger partial charge < -0.3 is 19.4 Å². The average molecular weight is 491 g/mol. The van der Waals surface area contributed by atoms with Gasteiger partial charge >= 0.3 is 0 Å². The van der Waals surface area contributed by atoms with Gasteiger partial charge in [0.05, 0.1) is 29.9 Å². The van der Waals surface area contributed by atoms with Gasteiger partial charge in [0.2, 0.25) is 0 Å². The molecule has 0 saturated heterocycles. The zero-order valence-electron chi connectivity index (χ0n) is 20.9. The van der Waals surface area contributed by atoms with Crippen LogP contribution in [0.5, 0.6) is 11.5 Å². The lowest BCUT2D eigenvalue weighted by atomic mass is 10.1. The highest BCUT2D eigenvalue weighted by atomic mass is 35.5. The molecule has 1 N–H and O–H groups in total. The van der Waals surface area contributed by atoms with E-state index in [1.165, 1.54) is 11.1 Å². The average Bonchev–Trinajstić information content (AvgIpc) is 3.16. The number of benzene rings is 3. The molecule has 3 aromatic carbocycles. The molecular formula is C30H35ClN2O2. The third-order valence-electron chi connectivity index (χ3n) is 6.31. The zero-order chi connectivity index (χ0) is 24.6. The molecule has 4 aromatic rings. The zero-order valence-corrected chi connectivity index (χ0v) is 21.7. The lowest BCUT2D eigenvalue weighted by Crippen LogP contribution is -2.16. The van der Waals surface area contributed by atoms with Crippen LogP contribution in [0.15, 0.2) is 66.7 Å². The van der Waals surface area contributed by atoms with E-state index in [0.717, 1.165) is 77.6 Å². The first-order valence-electron chi connectivity index (χ1n) is 12.5. The summed E-state index contributed by atoms with van der Waals surface area (Å²) in [6.45, 7) is 7.74. The summed E-state index contributed by atoms with van der Waals surface area (Å²) in [5, 5.41) is 5.14. The van der Waals surface area contributed by atoms with Crippen molar-refractivity contribution in [3.05, 3.63) is 82.9 Å². The number of hydrogen-bond acceptors (Lipinski definition) is 3. The van der Waals surface area contributed by atoms with E-state index >= 15 is 0 Å². The molecule has 4 rings (SSSR count). The number of nitrogens with zero attached hydrogens (tertiary/aromatic N) is 1. The van der Waals surface area contributed by atoms with E-state index in [4.69, 9.17) is 21.1 Å². The van der Waals surface area contributed by atoms with E-state index in [-0.39, 0.29) is 0 Å². The Labute approximate surface area is 213 Å². The third-order valence-corrected chi connectivity index (χ3v) is 6.69. The van der Waals surface area contributed by atoms with E-state index in [9.17, 15) is 0 Å². The second-order valence-electron chi connectivity index (χ2n) is 8.78. The molecule has 4 nitrogen and oxygen atoms in total. The van der Waals surface area contributed by atoms with Gasteiger partial charge in [-0.15, -0.1) is 0 Å². The summed E-state index contributed by atoms with van der Waals surface area (Å²) >= 11 is 7.05. The van der Waals surface area contributed by atoms with Crippen molar-refractivity contribution in [3.8, 4) is 22.8 Å². The predicted molar refractivity (Wildman–Crippen MR) is 147 cm³/mol. The number of likely N-dealkylation sites (N-methyl/N-ethyl adjacent to an activating group) is 1. The molecule has 0 aliphatic carbocycles. The van der Waals surface area contributed by atoms with Gasteiger partial charge in [-0.05, 0) is 85.1 Å². The standard InChI is InChI=1S/C30H35ClN2O2/c1-4-6-19-35-26-15-16-28-27(20-26)29(31)30(24-11-13-25(34-3)14-12-24)33(28)21-23-9-7-22(8-10-23)17-18-32-5-2/h7-16,20,32H,4-6,17-19,21H2,1-3H3. The van der Waals surface area contributed by atoms with Gasteiger partial charge in [-0.2, -0.15) is 0 Å². The van der Waals surface area contributed by atoms with E-state index in [0.29, 0.717) is 6.61 Å². The second-order valence-corrected chi connectivity index (χ2v) is 9.16. The first-order valence-corrected chi connectivity index (χ1v) is 12.9. The van der Waals surface area contributed by atoms with Gasteiger partial charge in [0.15, 0.2) is 0 Å². The second kappa shape index (κ2) is 12.1. The summed E-state index contributed by atoms with van der Waals surface area (Å²) in [5.74, 6) is 1.68. The lowest BCUT2D eigenvalue weighted by molar-refractivity contribution is 0.310. The fourth-order valence-electron chi connectivity index (χ4n) is 4.32. The maximum absolute atomic E-state index is 7.05. The summed E-state index contributed by atoms with van der Waals surface area (Å²) in [4.78, 5) is 0. The molecule has 0 bridgehead atoms. The van der Waals surface area contributed by atoms with Gasteiger partial charge in [-0.3, -0.25) is 0 Å². The lowest BCUT2D eigenvalue weighted by Gasteiger charge is -2.13. The smallest absolute Gasteiger partial charge is 0.120 e. The SMILES string of the molecule is CCCCOc1ccc2c(c1)c(Cl)c(-c1ccc(OC)cc1)n2Cc1ccc(CCNCC)cc1. The quantitative estimate of drug-likeness (QED) is 0.211. The Balaban J connectivity index is 1.71. The largest absolute Gasteiger partial charge is 0.497 e. The van der Waals surface area contributed by atoms with Crippen molar-refractivity contribution in [2.45, 2.75) is 39.7 Å². The molecule has 0 unspecified atom stereocenters. The highest BCUT2D eigenvalue weighted by Gasteiger charge is 2.19. The molecule has 0 aliphatic heterocycles. The van der Waals surface area contributed by atoms with Crippen LogP contribution >= 0.6 is 11.6 Å². The minimum atomic E-state index is 0.714. The number of rotatable bonds is 12. The van der Waals surface area contributed by atoms with Gasteiger partial charge in [0, 0.05) is 11.9 Å². The van der Waals surface area contributed by atoms with Crippen molar-refractivity contribution >= 4 is 22.5 Å². The fourth-order valence-corrected chi connectivity index (χ4v) is 4.68. The summed E-state index contributed by atoms with van der Waals surface area (Å²) < 4.78 is 13.7. The molecule has 0 atom stereocenters. The van der Waals surface area contributed by atoms with Crippen LogP contribution in [0.4, 0.5) is 0 Å². The van der Waals surface area contributed by atoms with E-state index in [1.807, 2.05) is 18.2 Å². The first kappa shape index (κ1) is 25.2. The number of methoxy groups -OCH3 is 1. The van der Waals surface area contributed by atoms with Gasteiger partial charge in [-0.25, -0.2) is 0 Å². The summed E-state index contributed by atoms with van der Waals surface area (Å²) in [6, 6.07) is 23.2. The molecular weight excluding hydrogens is 456 g/mol. The maximum atomic E-state index is 7.05. The topological polar surface area (TPSA) is 35.4 Å². The Kier molecular flexibility index (Phi) is 8.73. The van der Waals surface area contributed by atoms with Crippen LogP contribution in [0.3, 0.4) is 0 Å². The summed E-state index contributed by atoms with van der Waals surface area (Å²) in [6.07, 6.45) is 3.17. The monoisotopic (exact) mass is 490 g/mol. The first-order chi connectivity index (χ1) is 17.1. The van der Waals surface area contributed by atoms with Gasteiger partial charge in [0.1, 0.15) is 11.5 Å². The van der Waals surface area contributed by atoms with Crippen LogP contribution in [0.2, 0.25) is 5.02 Å². The van der Waals surface area contributed by atoms with Crippen LogP contribution in [0, 0.1) is 0 Å². The van der Waals surface area contributed by atoms with E-state index in [2.05, 4.69) is 72.3 Å². The maximum Gasteiger partial charge on any atom is 0.120 e. The third kappa shape index (κ3) is 6.01. The molecule has 0 amide bonds. The number of fused-ring (bicyclic) bond motifs is 1. The Morgan fingerprint density at radius 2 is 1.60 bits per heavy atom. The molecule has 35 heavy (non-hydrogen) atoms. The number of ether oxygens (including phenoxy) is 2. The number of hydrogen-bond donors (Lipinski definition) is 1. The van der Waals surface area contributed by atoms with E-state index in [1.54, 1.807) is 7.11 Å². The van der Waals surface area contributed by atoms with Crippen LogP contribution in [0.25, 0.3) is 22.2 Å². The van der Waals surface area contributed by atoms with Crippen LogP contribution in [-0.4, -0.2) is 31.4 Å². The van der Waals surface area contributed by atoms with Crippen molar-refractivity contribution in [1.29, 1.82) is 0 Å². The molecule has 0 saturated carbocycles. The van der Waals surface area contributed by atoms with Crippen molar-refractivity contribution in [2.24, 2.45) is 0 Å². The minimum absolute atomic E-state index is 0.714. The van der Waals surface area contributed by atoms with Crippen LogP contribution in [0.1, 0.15) is 37.8 Å². The molecule has 0 radical (unpaired) electrons. The minimum Gasteiger partial charge on any atom is -0.497 e. The number of unbranched alkanes of at least 4 members (excludes halogenated alkanes) is 1. The molecule has 1 heterocycles. The molecule has 1 aromatic heterocycles. The molecule has 0 aliphatic rings. The van der Waals surface area contributed by atoms with Crippen molar-refractivity contribution in [1.82, 2.24) is 9.88 Å². The molecule has 5 heteroatoms. The van der Waals surface area contributed by atoms with Crippen molar-refractivity contribution in [2.75, 3.05) is 26.8 Å². The highest BCUT2D eigenvalue weighted by Crippen LogP contribution is 2.40. The van der Waals surface area contributed by atoms with Crippen molar-refractivity contribution < 1.29 is 9.47 Å². The number of nitrogens with one attached hydrogen (secondary N) is 1. The number of halogens is 1. The predicted octanol–water partition coefficient (Wildman–Crippen LogP) is 7.35. The van der Waals surface area contributed by atoms with Gasteiger partial charge in [-0.1, -0.05) is 56.1 Å². The Morgan fingerprint density at radius 1 is 0.886 bits per heavy atom. The molecule has 184 valence electrons. The fraction of sp³-hybridized carbons (Fsp3) is 0.333. The molecule has 0 spiro atoms. The Bertz CT molecular complexity index is 1230. The summed E-state index contributed by atoms with van der Waals surface area (Å²) in [7, 11) is 1.68. The normalized spacial score (nSPS) is 11.2. The number of aromatic nitrogens is 1. The van der Waals surface area contributed by atoms with Crippen LogP contribution in [-0.2, 0) is 13.0 Å². The Hall–Kier alpha value is -2.95. The van der Waals surface area contributed by atoms with Crippen molar-refractivity contribution in [3.63, 3.8) is 0 Å². The molecule has 0 fully saturated rings. The van der Waals surface area contributed by atoms with E-state index < -0.39 is 0 Å². The Morgan fingerprint density at radius 3 is 2.29 bits per heavy atom. The summed E-state index contributed by atoms with van der Waals surface area (Å²) in [5.41, 5.74) is 5.74.